The van der Waals surface area contributed by atoms with Crippen molar-refractivity contribution in [1.29, 1.82) is 0 Å². The van der Waals surface area contributed by atoms with Crippen LogP contribution in [0.2, 0.25) is 25.7 Å². The van der Waals surface area contributed by atoms with Crippen LogP contribution in [0.1, 0.15) is 51.7 Å². The van der Waals surface area contributed by atoms with E-state index in [0.29, 0.717) is 6.73 Å². The van der Waals surface area contributed by atoms with E-state index in [-0.39, 0.29) is 5.91 Å². The first-order valence-electron chi connectivity index (χ1n) is 21.1. The normalized spacial score (nSPS) is 11.6. The number of nitrogens with zero attached hydrogens (tertiary/aromatic N) is 3. The molecule has 4 N–H and O–H groups in total. The number of anilines is 2. The first-order chi connectivity index (χ1) is 30.4. The molecule has 0 aliphatic heterocycles. The standard InChI is InChI=1S/C29H33N3OSi.C25H21N3O/c1-22(24-11-8-12-26(30)19-24)25-14-15-27-28(16-13-23-9-6-5-7-10-23)31-32(29(27)20-25)21-33-17-18-34(2,3)4;1-17(20-9-6-10-22(15-20)26-18(2)29)21-12-13-23-24(27-28-25(23)16-21)14-11-19-7-4-3-5-8-19/h5-16,19-20H,1,17-18,21,30H2,2-4H3;3-16H,1H2,2H3,(H,26,29)(H,27,28)/b16-13+;14-11+. The van der Waals surface area contributed by atoms with Crippen molar-refractivity contribution in [3.63, 3.8) is 0 Å². The number of hydrogen-bond donors (Lipinski definition) is 3. The highest BCUT2D eigenvalue weighted by atomic mass is 28.3. The fourth-order valence-electron chi connectivity index (χ4n) is 7.02. The van der Waals surface area contributed by atoms with Gasteiger partial charge in [0.05, 0.1) is 22.4 Å². The summed E-state index contributed by atoms with van der Waals surface area (Å²) in [5.41, 5.74) is 19.4. The van der Waals surface area contributed by atoms with Gasteiger partial charge in [-0.1, -0.05) is 142 Å². The second-order valence-electron chi connectivity index (χ2n) is 16.7. The van der Waals surface area contributed by atoms with Gasteiger partial charge in [-0.25, -0.2) is 4.68 Å². The summed E-state index contributed by atoms with van der Waals surface area (Å²) in [7, 11) is -1.15. The lowest BCUT2D eigenvalue weighted by molar-refractivity contribution is -0.114. The van der Waals surface area contributed by atoms with Gasteiger partial charge in [0.15, 0.2) is 0 Å². The number of nitrogens with one attached hydrogen (secondary N) is 2. The molecule has 0 atom stereocenters. The van der Waals surface area contributed by atoms with E-state index < -0.39 is 8.07 Å². The number of aromatic amines is 1. The topological polar surface area (TPSA) is 111 Å². The summed E-state index contributed by atoms with van der Waals surface area (Å²) in [6.07, 6.45) is 8.23. The van der Waals surface area contributed by atoms with Crippen molar-refractivity contribution in [3.05, 3.63) is 204 Å². The van der Waals surface area contributed by atoms with Gasteiger partial charge in [0.2, 0.25) is 5.91 Å². The van der Waals surface area contributed by atoms with Crippen molar-refractivity contribution in [2.45, 2.75) is 39.3 Å². The Kier molecular flexibility index (Phi) is 13.9. The molecule has 2 aromatic heterocycles. The second kappa shape index (κ2) is 20.0. The quantitative estimate of drug-likeness (QED) is 0.0573. The molecule has 8 aromatic rings. The molecule has 0 aliphatic carbocycles. The van der Waals surface area contributed by atoms with E-state index >= 15 is 0 Å². The largest absolute Gasteiger partial charge is 0.399 e. The maximum Gasteiger partial charge on any atom is 0.221 e. The van der Waals surface area contributed by atoms with Crippen LogP contribution in [0, 0.1) is 0 Å². The summed E-state index contributed by atoms with van der Waals surface area (Å²) in [5, 5.41) is 17.4. The van der Waals surface area contributed by atoms with Crippen molar-refractivity contribution < 1.29 is 9.53 Å². The van der Waals surface area contributed by atoms with Gasteiger partial charge in [0.25, 0.3) is 0 Å². The SMILES string of the molecule is C=C(c1cccc(N)c1)c1ccc2c(/C=C/c3ccccc3)nn(COCC[Si](C)(C)C)c2c1.C=C(c1cccc(NC(C)=O)c1)c1ccc2c(/C=C/c3ccccc3)n[nH]c2c1. The summed E-state index contributed by atoms with van der Waals surface area (Å²) >= 11 is 0. The fraction of sp³-hybridized carbons (Fsp3) is 0.130. The van der Waals surface area contributed by atoms with Crippen LogP contribution in [0.5, 0.6) is 0 Å². The summed E-state index contributed by atoms with van der Waals surface area (Å²) in [6.45, 7) is 18.3. The van der Waals surface area contributed by atoms with Crippen LogP contribution in [-0.2, 0) is 16.3 Å². The molecule has 8 rings (SSSR count). The Hall–Kier alpha value is -7.33. The van der Waals surface area contributed by atoms with Crippen LogP contribution in [0.4, 0.5) is 11.4 Å². The molecule has 0 bridgehead atoms. The van der Waals surface area contributed by atoms with Crippen LogP contribution in [0.3, 0.4) is 0 Å². The Morgan fingerprint density at radius 1 is 0.698 bits per heavy atom. The predicted molar refractivity (Wildman–Crippen MR) is 269 cm³/mol. The second-order valence-corrected chi connectivity index (χ2v) is 22.3. The van der Waals surface area contributed by atoms with E-state index in [0.717, 1.165) is 102 Å². The van der Waals surface area contributed by atoms with Gasteiger partial charge in [-0.2, -0.15) is 10.2 Å². The molecule has 1 amide bonds. The van der Waals surface area contributed by atoms with Crippen molar-refractivity contribution in [2.75, 3.05) is 17.7 Å². The molecule has 0 saturated carbocycles. The van der Waals surface area contributed by atoms with Crippen molar-refractivity contribution in [2.24, 2.45) is 0 Å². The van der Waals surface area contributed by atoms with E-state index in [2.05, 4.69) is 121 Å². The highest BCUT2D eigenvalue weighted by Crippen LogP contribution is 2.30. The molecule has 0 saturated heterocycles. The molecule has 63 heavy (non-hydrogen) atoms. The van der Waals surface area contributed by atoms with Gasteiger partial charge in [-0.15, -0.1) is 0 Å². The molecule has 0 spiro atoms. The van der Waals surface area contributed by atoms with E-state index in [1.165, 1.54) is 6.92 Å². The van der Waals surface area contributed by atoms with Crippen molar-refractivity contribution >= 4 is 82.6 Å². The molecule has 2 heterocycles. The Balaban J connectivity index is 0.000000191. The third-order valence-corrected chi connectivity index (χ3v) is 12.2. The number of nitrogen functional groups attached to an aromatic ring is 1. The number of carbonyl (C=O) groups excluding carboxylic acids is 1. The average molecular weight is 847 g/mol. The molecule has 0 radical (unpaired) electrons. The Morgan fingerprint density at radius 3 is 1.92 bits per heavy atom. The lowest BCUT2D eigenvalue weighted by Crippen LogP contribution is -2.22. The Morgan fingerprint density at radius 2 is 1.29 bits per heavy atom. The number of H-pyrrole nitrogens is 1. The zero-order valence-corrected chi connectivity index (χ0v) is 37.4. The fourth-order valence-corrected chi connectivity index (χ4v) is 7.78. The van der Waals surface area contributed by atoms with Crippen LogP contribution < -0.4 is 11.1 Å². The summed E-state index contributed by atoms with van der Waals surface area (Å²) in [4.78, 5) is 11.3. The molecule has 8 nitrogen and oxygen atoms in total. The molecule has 0 aliphatic rings. The van der Waals surface area contributed by atoms with E-state index in [4.69, 9.17) is 15.6 Å². The predicted octanol–water partition coefficient (Wildman–Crippen LogP) is 12.9. The van der Waals surface area contributed by atoms with Crippen molar-refractivity contribution in [1.82, 2.24) is 20.0 Å². The number of aromatic nitrogens is 4. The Labute approximate surface area is 371 Å². The molecule has 6 aromatic carbocycles. The van der Waals surface area contributed by atoms with Gasteiger partial charge in [0.1, 0.15) is 6.73 Å². The van der Waals surface area contributed by atoms with Gasteiger partial charge in [-0.05, 0) is 111 Å². The number of fused-ring (bicyclic) bond motifs is 2. The Bertz CT molecular complexity index is 2940. The first kappa shape index (κ1) is 43.7. The van der Waals surface area contributed by atoms with Crippen LogP contribution in [0.25, 0.3) is 57.3 Å². The maximum absolute atomic E-state index is 11.3. The maximum atomic E-state index is 11.3. The minimum atomic E-state index is -1.15. The van der Waals surface area contributed by atoms with Crippen LogP contribution in [0.15, 0.2) is 159 Å². The highest BCUT2D eigenvalue weighted by molar-refractivity contribution is 6.76. The molecule has 0 fully saturated rings. The molecule has 316 valence electrons. The zero-order valence-electron chi connectivity index (χ0n) is 36.4. The minimum absolute atomic E-state index is 0.0947. The molecular formula is C54H54N6O2Si. The van der Waals surface area contributed by atoms with Gasteiger partial charge < -0.3 is 15.8 Å². The number of nitrogens with two attached hydrogens (primary N) is 1. The number of carbonyl (C=O) groups is 1. The smallest absolute Gasteiger partial charge is 0.221 e. The average Bonchev–Trinajstić information content (AvgIpc) is 3.86. The zero-order chi connectivity index (χ0) is 44.3. The van der Waals surface area contributed by atoms with Gasteiger partial charge >= 0.3 is 0 Å². The number of rotatable bonds is 14. The summed E-state index contributed by atoms with van der Waals surface area (Å²) in [6, 6.07) is 49.6. The lowest BCUT2D eigenvalue weighted by atomic mass is 9.98. The van der Waals surface area contributed by atoms with Crippen molar-refractivity contribution in [3.8, 4) is 0 Å². The molecule has 0 unspecified atom stereocenters. The summed E-state index contributed by atoms with van der Waals surface area (Å²) < 4.78 is 8.01. The number of hydrogen-bond acceptors (Lipinski definition) is 5. The van der Waals surface area contributed by atoms with Crippen LogP contribution >= 0.6 is 0 Å². The number of amides is 1. The third-order valence-electron chi connectivity index (χ3n) is 10.5. The monoisotopic (exact) mass is 846 g/mol. The van der Waals surface area contributed by atoms with Gasteiger partial charge in [0, 0.05) is 43.8 Å². The third kappa shape index (κ3) is 11.7. The van der Waals surface area contributed by atoms with Gasteiger partial charge in [-0.3, -0.25) is 9.89 Å². The highest BCUT2D eigenvalue weighted by Gasteiger charge is 2.15. The summed E-state index contributed by atoms with van der Waals surface area (Å²) in [5.74, 6) is -0.0947. The van der Waals surface area contributed by atoms with E-state index in [1.807, 2.05) is 102 Å². The lowest BCUT2D eigenvalue weighted by Gasteiger charge is -2.15. The van der Waals surface area contributed by atoms with E-state index in [9.17, 15) is 4.79 Å². The van der Waals surface area contributed by atoms with Crippen LogP contribution in [-0.4, -0.2) is 40.6 Å². The first-order valence-corrected chi connectivity index (χ1v) is 24.8. The number of benzene rings is 6. The molecular weight excluding hydrogens is 793 g/mol. The number of ether oxygens (including phenoxy) is 1. The molecule has 9 heteroatoms. The minimum Gasteiger partial charge on any atom is -0.399 e. The van der Waals surface area contributed by atoms with E-state index in [1.54, 1.807) is 0 Å².